The highest BCUT2D eigenvalue weighted by molar-refractivity contribution is 5.69. The lowest BCUT2D eigenvalue weighted by molar-refractivity contribution is -0.139. The minimum Gasteiger partial charge on any atom is -0.480 e. The van der Waals surface area contributed by atoms with Gasteiger partial charge in [0, 0.05) is 19.1 Å². The fraction of sp³-hybridized carbons (Fsp3) is 0.562. The van der Waals surface area contributed by atoms with Crippen LogP contribution < -0.4 is 0 Å². The highest BCUT2D eigenvalue weighted by atomic mass is 16.4. The summed E-state index contributed by atoms with van der Waals surface area (Å²) in [4.78, 5) is 15.3. The van der Waals surface area contributed by atoms with Crippen LogP contribution in [-0.2, 0) is 11.2 Å². The van der Waals surface area contributed by atoms with Gasteiger partial charge in [-0.05, 0) is 45.0 Å². The van der Waals surface area contributed by atoms with Crippen LogP contribution in [0.3, 0.4) is 0 Å². The number of aryl methyl sites for hydroxylation is 2. The van der Waals surface area contributed by atoms with Crippen LogP contribution >= 0.6 is 0 Å². The molecule has 0 heterocycles. The number of carboxylic acid groups (broad SMARTS) is 1. The molecule has 1 N–H and O–H groups in total. The van der Waals surface area contributed by atoms with Gasteiger partial charge < -0.3 is 10.0 Å². The van der Waals surface area contributed by atoms with Crippen molar-refractivity contribution in [2.24, 2.45) is 0 Å². The zero-order chi connectivity index (χ0) is 14.7. The molecule has 1 atom stereocenters. The molecule has 0 aliphatic heterocycles. The van der Waals surface area contributed by atoms with Crippen molar-refractivity contribution in [2.75, 3.05) is 33.7 Å². The molecule has 1 aliphatic rings. The zero-order valence-electron chi connectivity index (χ0n) is 12.6. The van der Waals surface area contributed by atoms with Crippen molar-refractivity contribution >= 4 is 5.97 Å². The van der Waals surface area contributed by atoms with E-state index in [-0.39, 0.29) is 12.6 Å². The quantitative estimate of drug-likeness (QED) is 0.862. The van der Waals surface area contributed by atoms with E-state index in [4.69, 9.17) is 5.11 Å². The van der Waals surface area contributed by atoms with Crippen LogP contribution in [-0.4, -0.2) is 54.6 Å². The van der Waals surface area contributed by atoms with Crippen molar-refractivity contribution in [3.8, 4) is 0 Å². The van der Waals surface area contributed by atoms with Crippen molar-refractivity contribution in [3.05, 3.63) is 34.9 Å². The Labute approximate surface area is 121 Å². The Hall–Kier alpha value is -1.39. The first-order valence-corrected chi connectivity index (χ1v) is 7.17. The van der Waals surface area contributed by atoms with Crippen LogP contribution in [0.2, 0.25) is 0 Å². The summed E-state index contributed by atoms with van der Waals surface area (Å²) in [6.45, 7) is 3.88. The van der Waals surface area contributed by atoms with E-state index in [1.165, 1.54) is 16.7 Å². The van der Waals surface area contributed by atoms with E-state index in [1.807, 2.05) is 14.1 Å². The molecule has 4 heteroatoms. The number of carbonyl (C=O) groups is 1. The van der Waals surface area contributed by atoms with Gasteiger partial charge in [-0.25, -0.2) is 0 Å². The number of benzene rings is 1. The van der Waals surface area contributed by atoms with E-state index in [0.717, 1.165) is 25.9 Å². The Bertz CT molecular complexity index is 485. The molecule has 0 fully saturated rings. The lowest BCUT2D eigenvalue weighted by Crippen LogP contribution is -2.37. The summed E-state index contributed by atoms with van der Waals surface area (Å²) < 4.78 is 0. The molecule has 0 amide bonds. The molecule has 2 rings (SSSR count). The molecule has 1 aromatic rings. The second kappa shape index (κ2) is 6.37. The molecule has 110 valence electrons. The molecular weight excluding hydrogens is 252 g/mol. The third kappa shape index (κ3) is 3.58. The lowest BCUT2D eigenvalue weighted by Gasteiger charge is -2.29. The van der Waals surface area contributed by atoms with E-state index in [9.17, 15) is 4.79 Å². The van der Waals surface area contributed by atoms with E-state index < -0.39 is 5.97 Å². The second-order valence-corrected chi connectivity index (χ2v) is 5.92. The minimum absolute atomic E-state index is 0.117. The first-order chi connectivity index (χ1) is 9.47. The van der Waals surface area contributed by atoms with Crippen LogP contribution in [0.4, 0.5) is 0 Å². The molecule has 4 nitrogen and oxygen atoms in total. The van der Waals surface area contributed by atoms with Crippen LogP contribution in [0.25, 0.3) is 0 Å². The first kappa shape index (κ1) is 15.0. The molecule has 0 saturated carbocycles. The molecule has 0 radical (unpaired) electrons. The lowest BCUT2D eigenvalue weighted by atomic mass is 10.0. The third-order valence-electron chi connectivity index (χ3n) is 3.96. The fourth-order valence-corrected chi connectivity index (χ4v) is 2.93. The maximum Gasteiger partial charge on any atom is 0.317 e. The van der Waals surface area contributed by atoms with Gasteiger partial charge in [0.25, 0.3) is 0 Å². The van der Waals surface area contributed by atoms with Gasteiger partial charge in [-0.2, -0.15) is 0 Å². The molecule has 0 aromatic heterocycles. The standard InChI is InChI=1S/C16H24N2O2/c1-12-4-5-13-6-7-15(14(13)10-12)18(11-16(19)20)9-8-17(2)3/h4-5,10,15H,6-9,11H2,1-3H3,(H,19,20). The summed E-state index contributed by atoms with van der Waals surface area (Å²) in [5.41, 5.74) is 3.95. The number of hydrogen-bond acceptors (Lipinski definition) is 3. The highest BCUT2D eigenvalue weighted by Crippen LogP contribution is 2.36. The van der Waals surface area contributed by atoms with Crippen LogP contribution in [0.1, 0.15) is 29.2 Å². The molecule has 1 aliphatic carbocycles. The van der Waals surface area contributed by atoms with E-state index in [2.05, 4.69) is 34.9 Å². The molecule has 20 heavy (non-hydrogen) atoms. The van der Waals surface area contributed by atoms with Crippen LogP contribution in [0, 0.1) is 6.92 Å². The Morgan fingerprint density at radius 3 is 2.75 bits per heavy atom. The van der Waals surface area contributed by atoms with Gasteiger partial charge in [0.1, 0.15) is 0 Å². The normalized spacial score (nSPS) is 17.8. The summed E-state index contributed by atoms with van der Waals surface area (Å²) in [6.07, 6.45) is 2.08. The zero-order valence-corrected chi connectivity index (χ0v) is 12.6. The van der Waals surface area contributed by atoms with Gasteiger partial charge in [-0.1, -0.05) is 23.8 Å². The molecule has 1 unspecified atom stereocenters. The van der Waals surface area contributed by atoms with Crippen molar-refractivity contribution in [2.45, 2.75) is 25.8 Å². The van der Waals surface area contributed by atoms with Gasteiger partial charge in [-0.3, -0.25) is 9.69 Å². The Balaban J connectivity index is 2.18. The van der Waals surface area contributed by atoms with Crippen molar-refractivity contribution in [1.29, 1.82) is 0 Å². The van der Waals surface area contributed by atoms with E-state index >= 15 is 0 Å². The smallest absolute Gasteiger partial charge is 0.317 e. The Kier molecular flexibility index (Phi) is 4.78. The van der Waals surface area contributed by atoms with Crippen LogP contribution in [0.5, 0.6) is 0 Å². The number of likely N-dealkylation sites (N-methyl/N-ethyl adjacent to an activating group) is 1. The summed E-state index contributed by atoms with van der Waals surface area (Å²) in [5.74, 6) is -0.746. The average molecular weight is 276 g/mol. The SMILES string of the molecule is Cc1ccc2c(c1)C(N(CCN(C)C)CC(=O)O)CC2. The monoisotopic (exact) mass is 276 g/mol. The van der Waals surface area contributed by atoms with E-state index in [0.29, 0.717) is 0 Å². The number of nitrogens with zero attached hydrogens (tertiary/aromatic N) is 2. The average Bonchev–Trinajstić information content (AvgIpc) is 2.76. The summed E-state index contributed by atoms with van der Waals surface area (Å²) in [6, 6.07) is 6.80. The highest BCUT2D eigenvalue weighted by Gasteiger charge is 2.28. The van der Waals surface area contributed by atoms with Gasteiger partial charge in [-0.15, -0.1) is 0 Å². The fourth-order valence-electron chi connectivity index (χ4n) is 2.93. The van der Waals surface area contributed by atoms with Crippen LogP contribution in [0.15, 0.2) is 18.2 Å². The third-order valence-corrected chi connectivity index (χ3v) is 3.96. The minimum atomic E-state index is -0.746. The maximum absolute atomic E-state index is 11.1. The molecule has 1 aromatic carbocycles. The molecule has 0 saturated heterocycles. The number of aliphatic carboxylic acids is 1. The maximum atomic E-state index is 11.1. The number of hydrogen-bond donors (Lipinski definition) is 1. The second-order valence-electron chi connectivity index (χ2n) is 5.92. The predicted octanol–water partition coefficient (Wildman–Crippen LogP) is 1.93. The number of rotatable bonds is 6. The number of carboxylic acids is 1. The topological polar surface area (TPSA) is 43.8 Å². The van der Waals surface area contributed by atoms with Crippen molar-refractivity contribution < 1.29 is 9.90 Å². The van der Waals surface area contributed by atoms with Crippen molar-refractivity contribution in [1.82, 2.24) is 9.80 Å². The molecule has 0 bridgehead atoms. The Morgan fingerprint density at radius 2 is 2.10 bits per heavy atom. The largest absolute Gasteiger partial charge is 0.480 e. The van der Waals surface area contributed by atoms with Crippen molar-refractivity contribution in [3.63, 3.8) is 0 Å². The Morgan fingerprint density at radius 1 is 1.35 bits per heavy atom. The summed E-state index contributed by atoms with van der Waals surface area (Å²) in [5, 5.41) is 9.16. The first-order valence-electron chi connectivity index (χ1n) is 7.17. The summed E-state index contributed by atoms with van der Waals surface area (Å²) >= 11 is 0. The van der Waals surface area contributed by atoms with Gasteiger partial charge in [0.05, 0.1) is 6.54 Å². The van der Waals surface area contributed by atoms with Gasteiger partial charge in [0.2, 0.25) is 0 Å². The molecular formula is C16H24N2O2. The van der Waals surface area contributed by atoms with E-state index in [1.54, 1.807) is 0 Å². The predicted molar refractivity (Wildman–Crippen MR) is 80.0 cm³/mol. The number of fused-ring (bicyclic) bond motifs is 1. The molecule has 0 spiro atoms. The summed E-state index contributed by atoms with van der Waals surface area (Å²) in [7, 11) is 4.04. The van der Waals surface area contributed by atoms with Gasteiger partial charge in [0.15, 0.2) is 0 Å². The van der Waals surface area contributed by atoms with Gasteiger partial charge >= 0.3 is 5.97 Å².